The van der Waals surface area contributed by atoms with Gasteiger partial charge in [0.25, 0.3) is 0 Å². The smallest absolute Gasteiger partial charge is 0.243 e. The number of carbonyl (C=O) groups excluding carboxylic acids is 1. The molecule has 1 saturated heterocycles. The molecule has 2 aromatic carbocycles. The summed E-state index contributed by atoms with van der Waals surface area (Å²) >= 11 is 7.60. The summed E-state index contributed by atoms with van der Waals surface area (Å²) in [4.78, 5) is 13.7. The number of amides is 1. The number of rotatable bonds is 8. The Morgan fingerprint density at radius 2 is 1.83 bits per heavy atom. The molecule has 30 heavy (non-hydrogen) atoms. The Bertz CT molecular complexity index is 959. The third-order valence-corrected chi connectivity index (χ3v) is 7.99. The number of hydrogen-bond acceptors (Lipinski definition) is 5. The zero-order chi connectivity index (χ0) is 21.6. The van der Waals surface area contributed by atoms with Crippen molar-refractivity contribution in [2.75, 3.05) is 32.5 Å². The van der Waals surface area contributed by atoms with Gasteiger partial charge < -0.3 is 10.1 Å². The minimum Gasteiger partial charge on any atom is -0.490 e. The third kappa shape index (κ3) is 5.69. The number of nitrogens with zero attached hydrogens (tertiary/aromatic N) is 1. The Labute approximate surface area is 187 Å². The number of thioether (sulfide) groups is 1. The molecule has 1 aliphatic heterocycles. The minimum atomic E-state index is -3.53. The van der Waals surface area contributed by atoms with Crippen LogP contribution in [-0.4, -0.2) is 51.1 Å². The zero-order valence-corrected chi connectivity index (χ0v) is 19.1. The first-order chi connectivity index (χ1) is 14.4. The largest absolute Gasteiger partial charge is 0.490 e. The summed E-state index contributed by atoms with van der Waals surface area (Å²) in [7, 11) is -3.53. The normalized spacial score (nSPS) is 15.7. The van der Waals surface area contributed by atoms with Crippen molar-refractivity contribution in [1.82, 2.24) is 9.62 Å². The van der Waals surface area contributed by atoms with Gasteiger partial charge in [0.1, 0.15) is 12.4 Å². The summed E-state index contributed by atoms with van der Waals surface area (Å²) in [6.45, 7) is 1.35. The number of piperidine rings is 1. The van der Waals surface area contributed by atoms with E-state index in [9.17, 15) is 13.2 Å². The van der Waals surface area contributed by atoms with Gasteiger partial charge >= 0.3 is 0 Å². The molecule has 6 nitrogen and oxygen atoms in total. The first-order valence-corrected chi connectivity index (χ1v) is 12.8. The van der Waals surface area contributed by atoms with Crippen molar-refractivity contribution in [1.29, 1.82) is 0 Å². The second-order valence-electron chi connectivity index (χ2n) is 6.92. The molecule has 0 aliphatic carbocycles. The van der Waals surface area contributed by atoms with Crippen molar-refractivity contribution in [3.05, 3.63) is 53.6 Å². The SMILES string of the molecule is CSc1ccc(S(=O)(=O)N2CCC(C(=O)NCCOc3ccccc3Cl)CC2)cc1. The Morgan fingerprint density at radius 3 is 2.47 bits per heavy atom. The average Bonchev–Trinajstić information content (AvgIpc) is 2.77. The summed E-state index contributed by atoms with van der Waals surface area (Å²) in [5.41, 5.74) is 0. The van der Waals surface area contributed by atoms with Gasteiger partial charge in [-0.3, -0.25) is 4.79 Å². The molecule has 0 aromatic heterocycles. The minimum absolute atomic E-state index is 0.0702. The molecule has 1 amide bonds. The highest BCUT2D eigenvalue weighted by Gasteiger charge is 2.31. The van der Waals surface area contributed by atoms with E-state index in [2.05, 4.69) is 5.32 Å². The molecule has 162 valence electrons. The van der Waals surface area contributed by atoms with Gasteiger partial charge in [0.15, 0.2) is 0 Å². The molecule has 0 saturated carbocycles. The number of carbonyl (C=O) groups is 1. The standard InChI is InChI=1S/C21H25ClN2O4S2/c1-29-17-6-8-18(9-7-17)30(26,27)24-13-10-16(11-14-24)21(25)23-12-15-28-20-5-3-2-4-19(20)22/h2-9,16H,10-15H2,1H3,(H,23,25). The van der Waals surface area contributed by atoms with Crippen molar-refractivity contribution in [3.8, 4) is 5.75 Å². The number of ether oxygens (including phenoxy) is 1. The van der Waals surface area contributed by atoms with Crippen LogP contribution in [0.15, 0.2) is 58.3 Å². The molecule has 2 aromatic rings. The number of hydrogen-bond donors (Lipinski definition) is 1. The van der Waals surface area contributed by atoms with Crippen molar-refractivity contribution in [2.24, 2.45) is 5.92 Å². The lowest BCUT2D eigenvalue weighted by molar-refractivity contribution is -0.126. The number of sulfonamides is 1. The molecule has 1 heterocycles. The molecule has 0 atom stereocenters. The second-order valence-corrected chi connectivity index (χ2v) is 10.1. The predicted molar refractivity (Wildman–Crippen MR) is 120 cm³/mol. The monoisotopic (exact) mass is 468 g/mol. The lowest BCUT2D eigenvalue weighted by atomic mass is 9.97. The number of nitrogens with one attached hydrogen (secondary N) is 1. The Kier molecular flexibility index (Phi) is 8.05. The van der Waals surface area contributed by atoms with Gasteiger partial charge in [0.2, 0.25) is 15.9 Å². The van der Waals surface area contributed by atoms with Crippen LogP contribution in [0.3, 0.4) is 0 Å². The van der Waals surface area contributed by atoms with Crippen molar-refractivity contribution >= 4 is 39.3 Å². The maximum atomic E-state index is 12.8. The molecule has 1 fully saturated rings. The fourth-order valence-electron chi connectivity index (χ4n) is 3.30. The molecular weight excluding hydrogens is 444 g/mol. The summed E-state index contributed by atoms with van der Waals surface area (Å²) < 4.78 is 32.7. The molecule has 0 bridgehead atoms. The van der Waals surface area contributed by atoms with Crippen molar-refractivity contribution < 1.29 is 17.9 Å². The third-order valence-electron chi connectivity index (χ3n) is 5.02. The summed E-state index contributed by atoms with van der Waals surface area (Å²) in [5.74, 6) is 0.312. The van der Waals surface area contributed by atoms with Crippen molar-refractivity contribution in [3.63, 3.8) is 0 Å². The van der Waals surface area contributed by atoms with Crippen molar-refractivity contribution in [2.45, 2.75) is 22.6 Å². The van der Waals surface area contributed by atoms with E-state index in [0.29, 0.717) is 54.8 Å². The Balaban J connectivity index is 1.45. The van der Waals surface area contributed by atoms with Gasteiger partial charge in [-0.15, -0.1) is 11.8 Å². The van der Waals surface area contributed by atoms with E-state index in [1.54, 1.807) is 36.0 Å². The van der Waals surface area contributed by atoms with Crippen LogP contribution in [0.5, 0.6) is 5.75 Å². The van der Waals surface area contributed by atoms with E-state index in [1.165, 1.54) is 4.31 Å². The van der Waals surface area contributed by atoms with Gasteiger partial charge in [-0.1, -0.05) is 23.7 Å². The molecule has 0 unspecified atom stereocenters. The highest BCUT2D eigenvalue weighted by Crippen LogP contribution is 2.26. The van der Waals surface area contributed by atoms with Crippen LogP contribution in [-0.2, 0) is 14.8 Å². The quantitative estimate of drug-likeness (QED) is 0.472. The van der Waals surface area contributed by atoms with Gasteiger partial charge in [-0.05, 0) is 55.5 Å². The van der Waals surface area contributed by atoms with E-state index in [4.69, 9.17) is 16.3 Å². The Hall–Kier alpha value is -1.74. The van der Waals surface area contributed by atoms with E-state index in [1.807, 2.05) is 30.5 Å². The lowest BCUT2D eigenvalue weighted by Crippen LogP contribution is -2.43. The highest BCUT2D eigenvalue weighted by atomic mass is 35.5. The van der Waals surface area contributed by atoms with Gasteiger partial charge in [0.05, 0.1) is 16.5 Å². The summed E-state index contributed by atoms with van der Waals surface area (Å²) in [5, 5.41) is 3.39. The summed E-state index contributed by atoms with van der Waals surface area (Å²) in [6.07, 6.45) is 2.95. The van der Waals surface area contributed by atoms with E-state index in [0.717, 1.165) is 4.90 Å². The number of halogens is 1. The fourth-order valence-corrected chi connectivity index (χ4v) is 5.36. The molecule has 1 aliphatic rings. The van der Waals surface area contributed by atoms with Gasteiger partial charge in [-0.25, -0.2) is 8.42 Å². The summed E-state index contributed by atoms with van der Waals surface area (Å²) in [6, 6.07) is 14.1. The first-order valence-electron chi connectivity index (χ1n) is 9.71. The van der Waals surface area contributed by atoms with Crippen LogP contribution in [0, 0.1) is 5.92 Å². The molecule has 9 heteroatoms. The molecule has 1 N–H and O–H groups in total. The molecule has 0 radical (unpaired) electrons. The number of para-hydroxylation sites is 1. The van der Waals surface area contributed by atoms with Crippen LogP contribution in [0.25, 0.3) is 0 Å². The second kappa shape index (κ2) is 10.5. The van der Waals surface area contributed by atoms with Crippen LogP contribution in [0.4, 0.5) is 0 Å². The number of benzene rings is 2. The predicted octanol–water partition coefficient (Wildman–Crippen LogP) is 3.66. The maximum Gasteiger partial charge on any atom is 0.243 e. The van der Waals surface area contributed by atoms with E-state index >= 15 is 0 Å². The highest BCUT2D eigenvalue weighted by molar-refractivity contribution is 7.98. The topological polar surface area (TPSA) is 75.7 Å². The van der Waals surface area contributed by atoms with Gasteiger partial charge in [0, 0.05) is 23.9 Å². The molecule has 0 spiro atoms. The van der Waals surface area contributed by atoms with Crippen LogP contribution in [0.1, 0.15) is 12.8 Å². The van der Waals surface area contributed by atoms with Crippen LogP contribution >= 0.6 is 23.4 Å². The van der Waals surface area contributed by atoms with Gasteiger partial charge in [-0.2, -0.15) is 4.31 Å². The van der Waals surface area contributed by atoms with E-state index in [-0.39, 0.29) is 11.8 Å². The van der Waals surface area contributed by atoms with Crippen LogP contribution in [0.2, 0.25) is 5.02 Å². The Morgan fingerprint density at radius 1 is 1.17 bits per heavy atom. The lowest BCUT2D eigenvalue weighted by Gasteiger charge is -2.30. The van der Waals surface area contributed by atoms with Crippen LogP contribution < -0.4 is 10.1 Å². The molecule has 3 rings (SSSR count). The molecular formula is C21H25ClN2O4S2. The first kappa shape index (κ1) is 22.9. The van der Waals surface area contributed by atoms with E-state index < -0.39 is 10.0 Å². The maximum absolute atomic E-state index is 12.8. The average molecular weight is 469 g/mol. The zero-order valence-electron chi connectivity index (χ0n) is 16.7. The fraction of sp³-hybridized carbons (Fsp3) is 0.381.